The van der Waals surface area contributed by atoms with Crippen LogP contribution in [0, 0.1) is 11.7 Å². The highest BCUT2D eigenvalue weighted by Crippen LogP contribution is 2.25. The number of hydrogen-bond donors (Lipinski definition) is 1. The van der Waals surface area contributed by atoms with Crippen LogP contribution < -0.4 is 5.73 Å². The Labute approximate surface area is 92.6 Å². The van der Waals surface area contributed by atoms with E-state index in [4.69, 9.17) is 5.73 Å². The number of hydrogen-bond acceptors (Lipinski definition) is 1. The first kappa shape index (κ1) is 11.7. The van der Waals surface area contributed by atoms with Crippen LogP contribution in [0.25, 0.3) is 0 Å². The minimum absolute atomic E-state index is 0.0168. The molecule has 0 aromatic heterocycles. The summed E-state index contributed by atoms with van der Waals surface area (Å²) in [5.74, 6) is 0.164. The third-order valence-corrected chi connectivity index (χ3v) is 3.19. The molecule has 2 unspecified atom stereocenters. The van der Waals surface area contributed by atoms with Gasteiger partial charge in [-0.3, -0.25) is 0 Å². The zero-order valence-corrected chi connectivity index (χ0v) is 10.0. The molecule has 14 heavy (non-hydrogen) atoms. The van der Waals surface area contributed by atoms with Crippen molar-refractivity contribution in [2.75, 3.05) is 0 Å². The molecule has 1 nitrogen and oxygen atoms in total. The van der Waals surface area contributed by atoms with Crippen molar-refractivity contribution in [3.05, 3.63) is 34.1 Å². The van der Waals surface area contributed by atoms with Gasteiger partial charge in [0.2, 0.25) is 0 Å². The molecule has 0 bridgehead atoms. The van der Waals surface area contributed by atoms with Gasteiger partial charge in [0, 0.05) is 6.04 Å². The van der Waals surface area contributed by atoms with Gasteiger partial charge in [-0.15, -0.1) is 0 Å². The molecule has 0 saturated heterocycles. The molecule has 1 aromatic rings. The normalized spacial score (nSPS) is 15.2. The fraction of sp³-hybridized carbons (Fsp3) is 0.455. The van der Waals surface area contributed by atoms with Gasteiger partial charge in [0.1, 0.15) is 5.82 Å². The van der Waals surface area contributed by atoms with Gasteiger partial charge in [0.15, 0.2) is 0 Å². The molecule has 1 rings (SSSR count). The number of rotatable bonds is 3. The van der Waals surface area contributed by atoms with Crippen LogP contribution in [0.4, 0.5) is 4.39 Å². The molecule has 78 valence electrons. The summed E-state index contributed by atoms with van der Waals surface area (Å²) in [6, 6.07) is 4.93. The first-order chi connectivity index (χ1) is 6.56. The largest absolute Gasteiger partial charge is 0.324 e. The molecule has 2 atom stereocenters. The third-order valence-electron chi connectivity index (χ3n) is 2.59. The smallest absolute Gasteiger partial charge is 0.137 e. The number of benzene rings is 1. The standard InChI is InChI=1S/C11H15BrFN/c1-3-7(2)11(14)8-4-5-10(13)9(12)6-8/h4-7,11H,3,14H2,1-2H3. The minimum atomic E-state index is -0.245. The van der Waals surface area contributed by atoms with E-state index in [0.29, 0.717) is 10.4 Å². The van der Waals surface area contributed by atoms with Crippen LogP contribution in [-0.2, 0) is 0 Å². The molecule has 0 amide bonds. The van der Waals surface area contributed by atoms with E-state index in [-0.39, 0.29) is 11.9 Å². The van der Waals surface area contributed by atoms with Crippen LogP contribution in [0.1, 0.15) is 31.9 Å². The first-order valence-corrected chi connectivity index (χ1v) is 5.56. The second-order valence-corrected chi connectivity index (χ2v) is 4.44. The summed E-state index contributed by atoms with van der Waals surface area (Å²) in [5.41, 5.74) is 7.00. The van der Waals surface area contributed by atoms with Crippen molar-refractivity contribution in [2.45, 2.75) is 26.3 Å². The Morgan fingerprint density at radius 3 is 2.64 bits per heavy atom. The summed E-state index contributed by atoms with van der Waals surface area (Å²) in [6.45, 7) is 4.20. The number of nitrogens with two attached hydrogens (primary N) is 1. The molecule has 0 heterocycles. The van der Waals surface area contributed by atoms with E-state index in [9.17, 15) is 4.39 Å². The summed E-state index contributed by atoms with van der Waals surface area (Å²) in [7, 11) is 0. The van der Waals surface area contributed by atoms with E-state index in [1.54, 1.807) is 12.1 Å². The SMILES string of the molecule is CCC(C)C(N)c1ccc(F)c(Br)c1. The van der Waals surface area contributed by atoms with Crippen molar-refractivity contribution >= 4 is 15.9 Å². The Morgan fingerprint density at radius 2 is 2.14 bits per heavy atom. The maximum absolute atomic E-state index is 13.0. The molecule has 0 aliphatic heterocycles. The fourth-order valence-electron chi connectivity index (χ4n) is 1.30. The average Bonchev–Trinajstić information content (AvgIpc) is 2.20. The maximum Gasteiger partial charge on any atom is 0.137 e. The summed E-state index contributed by atoms with van der Waals surface area (Å²) in [6.07, 6.45) is 1.02. The van der Waals surface area contributed by atoms with Crippen LogP contribution in [-0.4, -0.2) is 0 Å². The third kappa shape index (κ3) is 2.55. The van der Waals surface area contributed by atoms with E-state index in [1.807, 2.05) is 0 Å². The van der Waals surface area contributed by atoms with Gasteiger partial charge in [0.25, 0.3) is 0 Å². The molecule has 0 spiro atoms. The van der Waals surface area contributed by atoms with Crippen LogP contribution in [0.3, 0.4) is 0 Å². The van der Waals surface area contributed by atoms with Crippen molar-refractivity contribution in [2.24, 2.45) is 11.7 Å². The zero-order chi connectivity index (χ0) is 10.7. The average molecular weight is 260 g/mol. The van der Waals surface area contributed by atoms with Crippen molar-refractivity contribution in [3.8, 4) is 0 Å². The first-order valence-electron chi connectivity index (χ1n) is 4.76. The highest BCUT2D eigenvalue weighted by atomic mass is 79.9. The van der Waals surface area contributed by atoms with Crippen LogP contribution in [0.15, 0.2) is 22.7 Å². The molecule has 1 aromatic carbocycles. The molecule has 2 N–H and O–H groups in total. The molecule has 3 heteroatoms. The molecule has 0 saturated carbocycles. The summed E-state index contributed by atoms with van der Waals surface area (Å²) >= 11 is 3.15. The summed E-state index contributed by atoms with van der Waals surface area (Å²) in [5, 5.41) is 0. The molecule has 0 aliphatic rings. The lowest BCUT2D eigenvalue weighted by Crippen LogP contribution is -2.18. The maximum atomic E-state index is 13.0. The quantitative estimate of drug-likeness (QED) is 0.882. The van der Waals surface area contributed by atoms with Crippen molar-refractivity contribution in [3.63, 3.8) is 0 Å². The molecule has 0 aliphatic carbocycles. The van der Waals surface area contributed by atoms with Crippen molar-refractivity contribution in [1.82, 2.24) is 0 Å². The summed E-state index contributed by atoms with van der Waals surface area (Å²) < 4.78 is 13.4. The number of halogens is 2. The Balaban J connectivity index is 2.91. The van der Waals surface area contributed by atoms with Gasteiger partial charge in [-0.05, 0) is 39.5 Å². The molecular weight excluding hydrogens is 245 g/mol. The Kier molecular flexibility index (Phi) is 4.08. The van der Waals surface area contributed by atoms with Crippen LogP contribution in [0.2, 0.25) is 0 Å². The van der Waals surface area contributed by atoms with Crippen molar-refractivity contribution < 1.29 is 4.39 Å². The van der Waals surface area contributed by atoms with Gasteiger partial charge in [-0.2, -0.15) is 0 Å². The molecule has 0 radical (unpaired) electrons. The zero-order valence-electron chi connectivity index (χ0n) is 8.43. The Hall–Kier alpha value is -0.410. The predicted octanol–water partition coefficient (Wildman–Crippen LogP) is 3.63. The lowest BCUT2D eigenvalue weighted by Gasteiger charge is -2.18. The second kappa shape index (κ2) is 4.89. The van der Waals surface area contributed by atoms with Gasteiger partial charge in [0.05, 0.1) is 4.47 Å². The van der Waals surface area contributed by atoms with Gasteiger partial charge in [-0.25, -0.2) is 4.39 Å². The van der Waals surface area contributed by atoms with Crippen LogP contribution in [0.5, 0.6) is 0 Å². The minimum Gasteiger partial charge on any atom is -0.324 e. The molecule has 0 fully saturated rings. The highest BCUT2D eigenvalue weighted by molar-refractivity contribution is 9.10. The van der Waals surface area contributed by atoms with E-state index >= 15 is 0 Å². The van der Waals surface area contributed by atoms with E-state index in [0.717, 1.165) is 12.0 Å². The predicted molar refractivity (Wildman–Crippen MR) is 60.5 cm³/mol. The van der Waals surface area contributed by atoms with Crippen LogP contribution >= 0.6 is 15.9 Å². The Bertz CT molecular complexity index is 314. The lowest BCUT2D eigenvalue weighted by atomic mass is 9.93. The lowest BCUT2D eigenvalue weighted by molar-refractivity contribution is 0.456. The van der Waals surface area contributed by atoms with E-state index < -0.39 is 0 Å². The van der Waals surface area contributed by atoms with E-state index in [1.165, 1.54) is 6.07 Å². The topological polar surface area (TPSA) is 26.0 Å². The Morgan fingerprint density at radius 1 is 1.50 bits per heavy atom. The van der Waals surface area contributed by atoms with Gasteiger partial charge in [-0.1, -0.05) is 26.3 Å². The highest BCUT2D eigenvalue weighted by Gasteiger charge is 2.14. The fourth-order valence-corrected chi connectivity index (χ4v) is 1.70. The van der Waals surface area contributed by atoms with E-state index in [2.05, 4.69) is 29.8 Å². The monoisotopic (exact) mass is 259 g/mol. The molecular formula is C11H15BrFN. The van der Waals surface area contributed by atoms with Gasteiger partial charge >= 0.3 is 0 Å². The second-order valence-electron chi connectivity index (χ2n) is 3.58. The van der Waals surface area contributed by atoms with Gasteiger partial charge < -0.3 is 5.73 Å². The van der Waals surface area contributed by atoms with Crippen molar-refractivity contribution in [1.29, 1.82) is 0 Å². The summed E-state index contributed by atoms with van der Waals surface area (Å²) in [4.78, 5) is 0.